The number of benzene rings is 2. The first kappa shape index (κ1) is 30.0. The second-order valence-corrected chi connectivity index (χ2v) is 12.3. The Balaban J connectivity index is 0.953. The van der Waals surface area contributed by atoms with Crippen LogP contribution in [-0.2, 0) is 22.4 Å². The largest absolute Gasteiger partial charge is 0.494 e. The van der Waals surface area contributed by atoms with Crippen LogP contribution >= 0.6 is 23.5 Å². The minimum atomic E-state index is -0.342. The molecule has 2 fully saturated rings. The van der Waals surface area contributed by atoms with E-state index in [2.05, 4.69) is 10.6 Å². The minimum Gasteiger partial charge on any atom is -0.494 e. The molecule has 2 aliphatic heterocycles. The fourth-order valence-corrected chi connectivity index (χ4v) is 6.29. The van der Waals surface area contributed by atoms with Gasteiger partial charge in [0, 0.05) is 0 Å². The van der Waals surface area contributed by atoms with E-state index in [-0.39, 0.29) is 32.8 Å². The summed E-state index contributed by atoms with van der Waals surface area (Å²) in [6, 6.07) is 15.5. The van der Waals surface area contributed by atoms with Crippen LogP contribution in [0, 0.1) is 0 Å². The zero-order chi connectivity index (χ0) is 28.2. The number of unbranched alkanes of at least 4 members (excludes halogenated alkanes) is 7. The smallest absolute Gasteiger partial charge is 0.286 e. The number of thioether (sulfide) groups is 2. The number of hydrogen-bond acceptors (Lipinski definition) is 8. The molecule has 2 unspecified atom stereocenters. The molecule has 0 aromatic heterocycles. The van der Waals surface area contributed by atoms with Gasteiger partial charge in [-0.2, -0.15) is 0 Å². The van der Waals surface area contributed by atoms with Gasteiger partial charge in [0.05, 0.1) is 23.7 Å². The molecule has 10 heteroatoms. The summed E-state index contributed by atoms with van der Waals surface area (Å²) in [5.41, 5.74) is 2.03. The molecule has 2 aliphatic rings. The van der Waals surface area contributed by atoms with Crippen molar-refractivity contribution in [2.24, 2.45) is 0 Å². The topological polar surface area (TPSA) is 111 Å². The lowest BCUT2D eigenvalue weighted by Crippen LogP contribution is -2.25. The number of imide groups is 2. The molecule has 0 saturated carbocycles. The first-order valence-corrected chi connectivity index (χ1v) is 15.7. The Morgan fingerprint density at radius 2 is 0.875 bits per heavy atom. The first-order chi connectivity index (χ1) is 19.5. The van der Waals surface area contributed by atoms with Crippen molar-refractivity contribution in [2.45, 2.75) is 74.7 Å². The van der Waals surface area contributed by atoms with Crippen molar-refractivity contribution >= 4 is 45.8 Å². The number of nitrogens with one attached hydrogen (secondary N) is 2. The molecule has 4 amide bonds. The summed E-state index contributed by atoms with van der Waals surface area (Å²) in [6.07, 6.45) is 10.3. The Morgan fingerprint density at radius 3 is 1.20 bits per heavy atom. The van der Waals surface area contributed by atoms with Crippen molar-refractivity contribution in [1.29, 1.82) is 0 Å². The average Bonchev–Trinajstić information content (AvgIpc) is 3.43. The van der Waals surface area contributed by atoms with E-state index >= 15 is 0 Å². The quantitative estimate of drug-likeness (QED) is 0.216. The van der Waals surface area contributed by atoms with E-state index < -0.39 is 0 Å². The second kappa shape index (κ2) is 15.7. The molecular weight excluding hydrogens is 548 g/mol. The van der Waals surface area contributed by atoms with Crippen LogP contribution in [0.3, 0.4) is 0 Å². The Morgan fingerprint density at radius 1 is 0.525 bits per heavy atom. The van der Waals surface area contributed by atoms with Gasteiger partial charge in [0.15, 0.2) is 0 Å². The van der Waals surface area contributed by atoms with Gasteiger partial charge >= 0.3 is 0 Å². The van der Waals surface area contributed by atoms with Crippen LogP contribution in [0.1, 0.15) is 62.5 Å². The average molecular weight is 585 g/mol. The van der Waals surface area contributed by atoms with Gasteiger partial charge in [-0.15, -0.1) is 0 Å². The molecule has 2 saturated heterocycles. The SMILES string of the molecule is O=C1NC(=O)C(Cc2ccc(OCCCCCCCCCCOc3ccc(CC4SC(=O)NC4=O)cc3)cc2)S1. The summed E-state index contributed by atoms with van der Waals surface area (Å²) < 4.78 is 11.7. The van der Waals surface area contributed by atoms with Crippen molar-refractivity contribution in [3.05, 3.63) is 59.7 Å². The summed E-state index contributed by atoms with van der Waals surface area (Å²) in [7, 11) is 0. The highest BCUT2D eigenvalue weighted by molar-refractivity contribution is 8.15. The standard InChI is InChI=1S/C30H36N2O6S2/c33-27-25(39-29(35)31-27)19-21-9-13-23(14-10-21)37-17-7-5-3-1-2-4-6-8-18-38-24-15-11-22(12-16-24)20-26-28(34)32-30(36)40-26/h9-16,25-26H,1-8,17-20H2,(H,31,33,35)(H,32,34,36). The Hall–Kier alpha value is -2.98. The van der Waals surface area contributed by atoms with Crippen LogP contribution in [0.2, 0.25) is 0 Å². The summed E-state index contributed by atoms with van der Waals surface area (Å²) in [4.78, 5) is 46.0. The number of hydrogen-bond donors (Lipinski definition) is 2. The Labute approximate surface area is 243 Å². The molecule has 0 radical (unpaired) electrons. The monoisotopic (exact) mass is 584 g/mol. The Bertz CT molecular complexity index is 1060. The summed E-state index contributed by atoms with van der Waals surface area (Å²) >= 11 is 2.11. The number of amides is 4. The molecule has 0 aliphatic carbocycles. The van der Waals surface area contributed by atoms with Gasteiger partial charge in [-0.05, 0) is 61.1 Å². The van der Waals surface area contributed by atoms with Gasteiger partial charge in [0.1, 0.15) is 11.5 Å². The second-order valence-electron chi connectivity index (χ2n) is 9.99. The van der Waals surface area contributed by atoms with Crippen LogP contribution in [0.5, 0.6) is 11.5 Å². The lowest BCUT2D eigenvalue weighted by atomic mass is 10.1. The molecule has 8 nitrogen and oxygen atoms in total. The van der Waals surface area contributed by atoms with E-state index in [1.807, 2.05) is 48.5 Å². The molecule has 0 spiro atoms. The molecular formula is C30H36N2O6S2. The number of ether oxygens (including phenoxy) is 2. The number of carbonyl (C=O) groups is 4. The van der Waals surface area contributed by atoms with Crippen LogP contribution in [-0.4, -0.2) is 46.0 Å². The summed E-state index contributed by atoms with van der Waals surface area (Å²) in [5.74, 6) is 1.24. The van der Waals surface area contributed by atoms with Gasteiger partial charge in [-0.1, -0.05) is 86.3 Å². The molecule has 4 rings (SSSR count). The lowest BCUT2D eigenvalue weighted by Gasteiger charge is -2.09. The molecule has 2 N–H and O–H groups in total. The van der Waals surface area contributed by atoms with Gasteiger partial charge in [0.25, 0.3) is 10.5 Å². The van der Waals surface area contributed by atoms with E-state index in [1.165, 1.54) is 25.7 Å². The predicted octanol–water partition coefficient (Wildman–Crippen LogP) is 6.05. The zero-order valence-corrected chi connectivity index (χ0v) is 24.2. The maximum atomic E-state index is 11.7. The van der Waals surface area contributed by atoms with E-state index in [9.17, 15) is 19.2 Å². The molecule has 2 aromatic rings. The van der Waals surface area contributed by atoms with Crippen molar-refractivity contribution in [2.75, 3.05) is 13.2 Å². The highest BCUT2D eigenvalue weighted by Gasteiger charge is 2.32. The highest BCUT2D eigenvalue weighted by Crippen LogP contribution is 2.25. The number of carbonyl (C=O) groups excluding carboxylic acids is 4. The fourth-order valence-electron chi connectivity index (χ4n) is 4.57. The van der Waals surface area contributed by atoms with Crippen molar-refractivity contribution in [3.8, 4) is 11.5 Å². The van der Waals surface area contributed by atoms with Crippen molar-refractivity contribution < 1.29 is 28.7 Å². The lowest BCUT2D eigenvalue weighted by molar-refractivity contribution is -0.119. The summed E-state index contributed by atoms with van der Waals surface area (Å²) in [6.45, 7) is 1.39. The predicted molar refractivity (Wildman–Crippen MR) is 158 cm³/mol. The minimum absolute atomic E-state index is 0.211. The van der Waals surface area contributed by atoms with Crippen molar-refractivity contribution in [1.82, 2.24) is 10.6 Å². The van der Waals surface area contributed by atoms with Crippen LogP contribution in [0.4, 0.5) is 9.59 Å². The fraction of sp³-hybridized carbons (Fsp3) is 0.467. The van der Waals surface area contributed by atoms with Crippen LogP contribution in [0.25, 0.3) is 0 Å². The molecule has 0 bridgehead atoms. The normalized spacial score (nSPS) is 18.6. The maximum Gasteiger partial charge on any atom is 0.286 e. The molecule has 214 valence electrons. The molecule has 2 heterocycles. The first-order valence-electron chi connectivity index (χ1n) is 13.9. The van der Waals surface area contributed by atoms with E-state index in [4.69, 9.17) is 9.47 Å². The third-order valence-electron chi connectivity index (χ3n) is 6.80. The maximum absolute atomic E-state index is 11.7. The van der Waals surface area contributed by atoms with Crippen LogP contribution < -0.4 is 20.1 Å². The Kier molecular flexibility index (Phi) is 11.8. The van der Waals surface area contributed by atoms with E-state index in [0.29, 0.717) is 26.1 Å². The third-order valence-corrected chi connectivity index (χ3v) is 8.76. The van der Waals surface area contributed by atoms with E-state index in [1.54, 1.807) is 0 Å². The molecule has 2 atom stereocenters. The van der Waals surface area contributed by atoms with E-state index in [0.717, 1.165) is 71.8 Å². The van der Waals surface area contributed by atoms with Crippen LogP contribution in [0.15, 0.2) is 48.5 Å². The molecule has 40 heavy (non-hydrogen) atoms. The van der Waals surface area contributed by atoms with Gasteiger partial charge in [-0.3, -0.25) is 29.8 Å². The van der Waals surface area contributed by atoms with Gasteiger partial charge in [-0.25, -0.2) is 0 Å². The number of rotatable bonds is 17. The van der Waals surface area contributed by atoms with Crippen molar-refractivity contribution in [3.63, 3.8) is 0 Å². The zero-order valence-electron chi connectivity index (χ0n) is 22.5. The third kappa shape index (κ3) is 9.89. The summed E-state index contributed by atoms with van der Waals surface area (Å²) in [5, 5.41) is 3.42. The molecule has 2 aromatic carbocycles. The highest BCUT2D eigenvalue weighted by atomic mass is 32.2. The van der Waals surface area contributed by atoms with Gasteiger partial charge < -0.3 is 9.47 Å². The van der Waals surface area contributed by atoms with Gasteiger partial charge in [0.2, 0.25) is 11.8 Å².